The van der Waals surface area contributed by atoms with Crippen molar-refractivity contribution in [2.24, 2.45) is 0 Å². The van der Waals surface area contributed by atoms with Crippen molar-refractivity contribution in [3.8, 4) is 11.5 Å². The third-order valence-corrected chi connectivity index (χ3v) is 3.35. The maximum atomic E-state index is 12.6. The SMILES string of the molecule is O=CC(=CNc1ccc(Oc2ccc(C(F)(F)F)cc2Cl)cc1)[N+](=O)[O-]. The highest BCUT2D eigenvalue weighted by Gasteiger charge is 2.31. The van der Waals surface area contributed by atoms with Crippen molar-refractivity contribution in [2.75, 3.05) is 5.32 Å². The molecule has 10 heteroatoms. The predicted molar refractivity (Wildman–Crippen MR) is 87.7 cm³/mol. The molecule has 0 atom stereocenters. The van der Waals surface area contributed by atoms with E-state index in [9.17, 15) is 28.1 Å². The monoisotopic (exact) mass is 386 g/mol. The Labute approximate surface area is 150 Å². The summed E-state index contributed by atoms with van der Waals surface area (Å²) in [5.74, 6) is 0.322. The van der Waals surface area contributed by atoms with Gasteiger partial charge < -0.3 is 10.1 Å². The van der Waals surface area contributed by atoms with Crippen LogP contribution in [0.25, 0.3) is 0 Å². The van der Waals surface area contributed by atoms with Gasteiger partial charge in [0.05, 0.1) is 21.7 Å². The Morgan fingerprint density at radius 3 is 2.35 bits per heavy atom. The summed E-state index contributed by atoms with van der Waals surface area (Å²) in [6, 6.07) is 8.64. The molecule has 0 saturated heterocycles. The fourth-order valence-corrected chi connectivity index (χ4v) is 2.01. The van der Waals surface area contributed by atoms with Crippen molar-refractivity contribution >= 4 is 23.6 Å². The molecule has 0 bridgehead atoms. The fraction of sp³-hybridized carbons (Fsp3) is 0.0625. The highest BCUT2D eigenvalue weighted by atomic mass is 35.5. The van der Waals surface area contributed by atoms with Gasteiger partial charge in [-0.1, -0.05) is 11.6 Å². The normalized spacial score (nSPS) is 11.8. The average molecular weight is 387 g/mol. The number of carbonyl (C=O) groups is 1. The molecule has 6 nitrogen and oxygen atoms in total. The van der Waals surface area contributed by atoms with E-state index in [2.05, 4.69) is 5.32 Å². The first-order chi connectivity index (χ1) is 12.2. The Hall–Kier alpha value is -3.07. The number of ether oxygens (including phenoxy) is 1. The Bertz CT molecular complexity index is 852. The molecule has 0 heterocycles. The van der Waals surface area contributed by atoms with Crippen LogP contribution in [0.15, 0.2) is 54.4 Å². The molecule has 0 aliphatic rings. The number of alkyl halides is 3. The number of nitrogens with zero attached hydrogens (tertiary/aromatic N) is 1. The molecule has 0 aromatic heterocycles. The topological polar surface area (TPSA) is 81.5 Å². The van der Waals surface area contributed by atoms with Crippen molar-refractivity contribution < 1.29 is 27.6 Å². The maximum Gasteiger partial charge on any atom is 0.416 e. The van der Waals surface area contributed by atoms with Gasteiger partial charge in [0.25, 0.3) is 0 Å². The van der Waals surface area contributed by atoms with Gasteiger partial charge in [-0.2, -0.15) is 13.2 Å². The molecule has 0 radical (unpaired) electrons. The third kappa shape index (κ3) is 4.96. The van der Waals surface area contributed by atoms with Crippen LogP contribution in [0, 0.1) is 10.1 Å². The highest BCUT2D eigenvalue weighted by molar-refractivity contribution is 6.32. The van der Waals surface area contributed by atoms with E-state index in [0.29, 0.717) is 5.69 Å². The third-order valence-electron chi connectivity index (χ3n) is 3.06. The van der Waals surface area contributed by atoms with E-state index in [4.69, 9.17) is 16.3 Å². The molecule has 0 spiro atoms. The first-order valence-corrected chi connectivity index (χ1v) is 7.29. The molecule has 0 amide bonds. The van der Waals surface area contributed by atoms with Crippen LogP contribution in [-0.2, 0) is 11.0 Å². The van der Waals surface area contributed by atoms with Crippen LogP contribution >= 0.6 is 11.6 Å². The van der Waals surface area contributed by atoms with Crippen LogP contribution in [0.4, 0.5) is 18.9 Å². The van der Waals surface area contributed by atoms with Crippen molar-refractivity contribution in [1.29, 1.82) is 0 Å². The zero-order chi connectivity index (χ0) is 19.3. The van der Waals surface area contributed by atoms with E-state index in [1.807, 2.05) is 0 Å². The van der Waals surface area contributed by atoms with Gasteiger partial charge >= 0.3 is 11.9 Å². The van der Waals surface area contributed by atoms with Gasteiger partial charge in [-0.15, -0.1) is 0 Å². The molecular formula is C16H10ClF3N2O4. The molecule has 0 aliphatic heterocycles. The van der Waals surface area contributed by atoms with E-state index in [1.54, 1.807) is 0 Å². The summed E-state index contributed by atoms with van der Waals surface area (Å²) in [6.45, 7) is 0. The van der Waals surface area contributed by atoms with E-state index in [1.165, 1.54) is 24.3 Å². The Balaban J connectivity index is 2.10. The number of aldehydes is 1. The van der Waals surface area contributed by atoms with Gasteiger partial charge in [0.1, 0.15) is 11.5 Å². The number of nitro groups is 1. The van der Waals surface area contributed by atoms with E-state index >= 15 is 0 Å². The number of anilines is 1. The van der Waals surface area contributed by atoms with Gasteiger partial charge in [-0.3, -0.25) is 14.9 Å². The molecule has 136 valence electrons. The van der Waals surface area contributed by atoms with Crippen LogP contribution < -0.4 is 10.1 Å². The molecule has 0 unspecified atom stereocenters. The van der Waals surface area contributed by atoms with Crippen LogP contribution in [0.3, 0.4) is 0 Å². The summed E-state index contributed by atoms with van der Waals surface area (Å²) in [7, 11) is 0. The van der Waals surface area contributed by atoms with E-state index in [-0.39, 0.29) is 22.8 Å². The van der Waals surface area contributed by atoms with Crippen molar-refractivity contribution in [3.63, 3.8) is 0 Å². The first-order valence-electron chi connectivity index (χ1n) is 6.91. The van der Waals surface area contributed by atoms with Gasteiger partial charge in [0.15, 0.2) is 0 Å². The number of benzene rings is 2. The van der Waals surface area contributed by atoms with Crippen molar-refractivity contribution in [2.45, 2.75) is 6.18 Å². The van der Waals surface area contributed by atoms with Crippen LogP contribution in [0.1, 0.15) is 5.56 Å². The summed E-state index contributed by atoms with van der Waals surface area (Å²) in [6.07, 6.45) is -3.49. The number of hydrogen-bond acceptors (Lipinski definition) is 5. The number of carbonyl (C=O) groups excluding carboxylic acids is 1. The lowest BCUT2D eigenvalue weighted by molar-refractivity contribution is -0.417. The lowest BCUT2D eigenvalue weighted by Gasteiger charge is -2.11. The molecule has 1 N–H and O–H groups in total. The number of nitrogens with one attached hydrogen (secondary N) is 1. The molecule has 0 aliphatic carbocycles. The molecule has 2 aromatic rings. The van der Waals surface area contributed by atoms with E-state index < -0.39 is 22.4 Å². The Morgan fingerprint density at radius 1 is 1.19 bits per heavy atom. The predicted octanol–water partition coefficient (Wildman–Crippen LogP) is 4.88. The molecule has 0 fully saturated rings. The van der Waals surface area contributed by atoms with Gasteiger partial charge in [0, 0.05) is 5.69 Å². The molecular weight excluding hydrogens is 377 g/mol. The average Bonchev–Trinajstić information content (AvgIpc) is 2.57. The zero-order valence-electron chi connectivity index (χ0n) is 12.8. The van der Waals surface area contributed by atoms with Crippen LogP contribution in [-0.4, -0.2) is 11.2 Å². The largest absolute Gasteiger partial charge is 0.456 e. The number of halogens is 4. The van der Waals surface area contributed by atoms with Gasteiger partial charge in [-0.25, -0.2) is 0 Å². The summed E-state index contributed by atoms with van der Waals surface area (Å²) in [5.41, 5.74) is -1.11. The second-order valence-corrected chi connectivity index (χ2v) is 5.27. The fourth-order valence-electron chi connectivity index (χ4n) is 1.79. The second kappa shape index (κ2) is 7.87. The minimum absolute atomic E-state index is 0.0388. The van der Waals surface area contributed by atoms with Crippen LogP contribution in [0.5, 0.6) is 11.5 Å². The Morgan fingerprint density at radius 2 is 1.85 bits per heavy atom. The standard InChI is InChI=1S/C16H10ClF3N2O4/c17-14-7-10(16(18,19)20)1-6-15(14)26-13-4-2-11(3-5-13)21-8-12(9-23)22(24)25/h1-9,21H. The van der Waals surface area contributed by atoms with Gasteiger partial charge in [-0.05, 0) is 42.5 Å². The first kappa shape index (κ1) is 19.3. The Kier molecular flexibility index (Phi) is 5.83. The lowest BCUT2D eigenvalue weighted by atomic mass is 10.2. The van der Waals surface area contributed by atoms with E-state index in [0.717, 1.165) is 24.4 Å². The summed E-state index contributed by atoms with van der Waals surface area (Å²) in [4.78, 5) is 20.1. The van der Waals surface area contributed by atoms with Gasteiger partial charge in [0.2, 0.25) is 6.29 Å². The highest BCUT2D eigenvalue weighted by Crippen LogP contribution is 2.36. The molecule has 0 saturated carbocycles. The quantitative estimate of drug-likeness (QED) is 0.331. The number of rotatable bonds is 6. The second-order valence-electron chi connectivity index (χ2n) is 4.86. The summed E-state index contributed by atoms with van der Waals surface area (Å²) in [5, 5.41) is 12.8. The van der Waals surface area contributed by atoms with Crippen molar-refractivity contribution in [1.82, 2.24) is 0 Å². The molecule has 2 rings (SSSR count). The molecule has 26 heavy (non-hydrogen) atoms. The minimum atomic E-state index is -4.51. The summed E-state index contributed by atoms with van der Waals surface area (Å²) >= 11 is 5.80. The van der Waals surface area contributed by atoms with Crippen molar-refractivity contribution in [3.05, 3.63) is 75.1 Å². The summed E-state index contributed by atoms with van der Waals surface area (Å²) < 4.78 is 43.2. The van der Waals surface area contributed by atoms with Crippen LogP contribution in [0.2, 0.25) is 5.02 Å². The maximum absolute atomic E-state index is 12.6. The zero-order valence-corrected chi connectivity index (χ0v) is 13.5. The minimum Gasteiger partial charge on any atom is -0.456 e. The lowest BCUT2D eigenvalue weighted by Crippen LogP contribution is -2.04. The smallest absolute Gasteiger partial charge is 0.416 e. The molecule has 2 aromatic carbocycles. The number of allylic oxidation sites excluding steroid dienone is 1. The number of hydrogen-bond donors (Lipinski definition) is 1.